The first-order valence-corrected chi connectivity index (χ1v) is 12.8. The molecular weight excluding hydrogens is 476 g/mol. The van der Waals surface area contributed by atoms with Gasteiger partial charge in [-0.3, -0.25) is 29.4 Å². The van der Waals surface area contributed by atoms with Gasteiger partial charge in [-0.2, -0.15) is 0 Å². The fourth-order valence-electron chi connectivity index (χ4n) is 6.91. The van der Waals surface area contributed by atoms with Gasteiger partial charge in [-0.25, -0.2) is 4.79 Å². The molecule has 1 spiro atoms. The lowest BCUT2D eigenvalue weighted by molar-refractivity contribution is -0.177. The second-order valence-corrected chi connectivity index (χ2v) is 12.3. The van der Waals surface area contributed by atoms with Crippen molar-refractivity contribution >= 4 is 35.4 Å². The number of piperidine rings is 1. The Kier molecular flexibility index (Phi) is 5.65. The van der Waals surface area contributed by atoms with Crippen LogP contribution < -0.4 is 10.2 Å². The van der Waals surface area contributed by atoms with Crippen LogP contribution in [0.1, 0.15) is 73.6 Å². The van der Waals surface area contributed by atoms with Crippen molar-refractivity contribution in [2.45, 2.75) is 58.9 Å². The highest BCUT2D eigenvalue weighted by Crippen LogP contribution is 2.67. The summed E-state index contributed by atoms with van der Waals surface area (Å²) in [6, 6.07) is 4.18. The van der Waals surface area contributed by atoms with Crippen molar-refractivity contribution in [1.82, 2.24) is 15.1 Å². The van der Waals surface area contributed by atoms with Gasteiger partial charge in [0.15, 0.2) is 0 Å². The lowest BCUT2D eigenvalue weighted by Crippen LogP contribution is -2.69. The molecule has 0 aromatic heterocycles. The molecule has 3 aliphatic heterocycles. The summed E-state index contributed by atoms with van der Waals surface area (Å²) in [7, 11) is 1.91. The molecule has 198 valence electrons. The predicted molar refractivity (Wildman–Crippen MR) is 134 cm³/mol. The number of carboxylic acid groups (broad SMARTS) is 1. The highest BCUT2D eigenvalue weighted by molar-refractivity contribution is 6.25. The average molecular weight is 511 g/mol. The van der Waals surface area contributed by atoms with E-state index in [2.05, 4.69) is 26.1 Å². The maximum absolute atomic E-state index is 13.5. The van der Waals surface area contributed by atoms with Gasteiger partial charge in [0.05, 0.1) is 16.8 Å². The average Bonchev–Trinajstić information content (AvgIpc) is 3.01. The van der Waals surface area contributed by atoms with Gasteiger partial charge in [-0.05, 0) is 48.6 Å². The van der Waals surface area contributed by atoms with Crippen molar-refractivity contribution in [2.75, 3.05) is 31.6 Å². The number of likely N-dealkylation sites (tertiary alicyclic amines) is 1. The van der Waals surface area contributed by atoms with Gasteiger partial charge in [0.25, 0.3) is 11.8 Å². The number of nitrogens with zero attached hydrogens (tertiary/aromatic N) is 3. The zero-order chi connectivity index (χ0) is 26.9. The van der Waals surface area contributed by atoms with Gasteiger partial charge in [0.1, 0.15) is 6.04 Å². The first-order chi connectivity index (χ1) is 17.3. The number of fused-ring (bicyclic) bond motifs is 1. The minimum atomic E-state index is -0.994. The summed E-state index contributed by atoms with van der Waals surface area (Å²) in [6.45, 7) is 8.53. The summed E-state index contributed by atoms with van der Waals surface area (Å²) < 4.78 is 0. The molecule has 0 radical (unpaired) electrons. The molecule has 2 saturated heterocycles. The molecule has 1 aromatic carbocycles. The van der Waals surface area contributed by atoms with Gasteiger partial charge < -0.3 is 14.9 Å². The number of rotatable bonds is 5. The number of hydrogen-bond donors (Lipinski definition) is 2. The van der Waals surface area contributed by atoms with Crippen molar-refractivity contribution in [1.29, 1.82) is 0 Å². The van der Waals surface area contributed by atoms with Crippen molar-refractivity contribution in [3.8, 4) is 0 Å². The Bertz CT molecular complexity index is 1200. The molecule has 5 rings (SSSR count). The number of benzene rings is 1. The highest BCUT2D eigenvalue weighted by Gasteiger charge is 2.63. The molecule has 4 aliphatic rings. The fraction of sp³-hybridized carbons (Fsp3) is 0.593. The Balaban J connectivity index is 1.32. The molecule has 5 amide bonds. The number of amides is 5. The Morgan fingerprint density at radius 2 is 1.81 bits per heavy atom. The van der Waals surface area contributed by atoms with E-state index in [-0.39, 0.29) is 34.7 Å². The summed E-state index contributed by atoms with van der Waals surface area (Å²) in [5, 5.41) is 11.5. The molecule has 1 saturated carbocycles. The smallest absolute Gasteiger partial charge is 0.407 e. The van der Waals surface area contributed by atoms with Crippen molar-refractivity contribution in [2.24, 2.45) is 16.2 Å². The van der Waals surface area contributed by atoms with Gasteiger partial charge in [-0.15, -0.1) is 0 Å². The fourth-order valence-corrected chi connectivity index (χ4v) is 6.91. The van der Waals surface area contributed by atoms with E-state index in [0.29, 0.717) is 30.9 Å². The van der Waals surface area contributed by atoms with E-state index in [0.717, 1.165) is 24.2 Å². The summed E-state index contributed by atoms with van der Waals surface area (Å²) >= 11 is 0. The monoisotopic (exact) mass is 510 g/mol. The Morgan fingerprint density at radius 3 is 2.41 bits per heavy atom. The third kappa shape index (κ3) is 3.88. The second kappa shape index (κ2) is 8.29. The number of hydrogen-bond acceptors (Lipinski definition) is 6. The molecule has 2 N–H and O–H groups in total. The van der Waals surface area contributed by atoms with Gasteiger partial charge in [0, 0.05) is 38.5 Å². The van der Waals surface area contributed by atoms with E-state index >= 15 is 0 Å². The Morgan fingerprint density at radius 1 is 1.14 bits per heavy atom. The maximum Gasteiger partial charge on any atom is 0.407 e. The molecule has 37 heavy (non-hydrogen) atoms. The lowest BCUT2D eigenvalue weighted by Gasteiger charge is -2.68. The third-order valence-electron chi connectivity index (χ3n) is 9.12. The summed E-state index contributed by atoms with van der Waals surface area (Å²) in [4.78, 5) is 66.4. The molecule has 10 nitrogen and oxygen atoms in total. The predicted octanol–water partition coefficient (Wildman–Crippen LogP) is 2.72. The van der Waals surface area contributed by atoms with Crippen LogP contribution in [0.5, 0.6) is 0 Å². The maximum atomic E-state index is 13.5. The van der Waals surface area contributed by atoms with Crippen LogP contribution in [0.15, 0.2) is 18.2 Å². The Labute approximate surface area is 216 Å². The first kappa shape index (κ1) is 25.2. The van der Waals surface area contributed by atoms with Gasteiger partial charge in [0.2, 0.25) is 11.8 Å². The molecule has 3 heterocycles. The van der Waals surface area contributed by atoms with Crippen LogP contribution in [0.2, 0.25) is 0 Å². The van der Waals surface area contributed by atoms with E-state index in [9.17, 15) is 29.1 Å². The largest absolute Gasteiger partial charge is 0.465 e. The van der Waals surface area contributed by atoms with Gasteiger partial charge in [-0.1, -0.05) is 26.8 Å². The third-order valence-corrected chi connectivity index (χ3v) is 9.12. The molecule has 1 aliphatic carbocycles. The number of carbonyl (C=O) groups excluding carboxylic acids is 4. The first-order valence-electron chi connectivity index (χ1n) is 12.8. The molecule has 1 aromatic rings. The van der Waals surface area contributed by atoms with Crippen LogP contribution in [0, 0.1) is 16.2 Å². The van der Waals surface area contributed by atoms with Crippen molar-refractivity contribution in [3.63, 3.8) is 0 Å². The molecule has 0 bridgehead atoms. The number of imide groups is 2. The quantitative estimate of drug-likeness (QED) is 0.583. The van der Waals surface area contributed by atoms with E-state index < -0.39 is 35.8 Å². The van der Waals surface area contributed by atoms with Crippen molar-refractivity contribution in [3.05, 3.63) is 29.3 Å². The minimum absolute atomic E-state index is 0.0235. The van der Waals surface area contributed by atoms with E-state index in [1.54, 1.807) is 12.1 Å². The molecular formula is C27H34N4O6. The number of anilines is 1. The Hall–Kier alpha value is -3.43. The van der Waals surface area contributed by atoms with Crippen molar-refractivity contribution < 1.29 is 29.1 Å². The van der Waals surface area contributed by atoms with Crippen LogP contribution in [0.25, 0.3) is 0 Å². The van der Waals surface area contributed by atoms with Crippen LogP contribution in [-0.4, -0.2) is 77.4 Å². The summed E-state index contributed by atoms with van der Waals surface area (Å²) in [5.74, 6) is -2.04. The molecule has 1 unspecified atom stereocenters. The topological polar surface area (TPSA) is 127 Å². The van der Waals surface area contributed by atoms with E-state index in [1.165, 1.54) is 4.90 Å². The summed E-state index contributed by atoms with van der Waals surface area (Å²) in [6.07, 6.45) is 2.14. The normalized spacial score (nSPS) is 23.9. The summed E-state index contributed by atoms with van der Waals surface area (Å²) in [5.41, 5.74) is 1.35. The van der Waals surface area contributed by atoms with Crippen LogP contribution in [-0.2, 0) is 9.59 Å². The lowest BCUT2D eigenvalue weighted by atomic mass is 9.42. The molecule has 1 atom stereocenters. The molecule has 10 heteroatoms. The van der Waals surface area contributed by atoms with E-state index in [1.807, 2.05) is 18.0 Å². The number of carbonyl (C=O) groups is 5. The standard InChI is InChI=1S/C27H34N4O6/c1-25(2,3)27(12-26(13-27)14-30(15-26)24(36)37)10-11-29(4)17-7-5-6-16-20(17)23(35)31(22(16)34)18-8-9-19(32)28-21(18)33/h5-7,18H,8-15H2,1-4H3,(H,36,37)(H,28,32,33). The zero-order valence-electron chi connectivity index (χ0n) is 21.8. The van der Waals surface area contributed by atoms with Crippen LogP contribution in [0.3, 0.4) is 0 Å². The SMILES string of the molecule is CN(CCC1(C(C)(C)C)CC2(CN(C(=O)O)C2)C1)c1cccc2c1C(=O)N(C1CCC(=O)NC1=O)C2=O. The highest BCUT2D eigenvalue weighted by atomic mass is 16.4. The minimum Gasteiger partial charge on any atom is -0.465 e. The van der Waals surface area contributed by atoms with Gasteiger partial charge >= 0.3 is 6.09 Å². The number of nitrogens with one attached hydrogen (secondary N) is 1. The van der Waals surface area contributed by atoms with Crippen LogP contribution >= 0.6 is 0 Å². The second-order valence-electron chi connectivity index (χ2n) is 12.3. The zero-order valence-corrected chi connectivity index (χ0v) is 21.8. The van der Waals surface area contributed by atoms with Crippen LogP contribution in [0.4, 0.5) is 10.5 Å². The molecule has 3 fully saturated rings. The van der Waals surface area contributed by atoms with E-state index in [4.69, 9.17) is 0 Å².